The van der Waals surface area contributed by atoms with Crippen LogP contribution < -0.4 is 5.32 Å². The number of nitrogens with one attached hydrogen (secondary N) is 1. The van der Waals surface area contributed by atoms with Gasteiger partial charge in [0.25, 0.3) is 0 Å². The van der Waals surface area contributed by atoms with Crippen LogP contribution in [0, 0.1) is 5.82 Å². The number of carbonyl (C=O) groups excluding carboxylic acids is 1. The van der Waals surface area contributed by atoms with Crippen molar-refractivity contribution < 1.29 is 13.9 Å². The van der Waals surface area contributed by atoms with Crippen molar-refractivity contribution in [3.63, 3.8) is 0 Å². The summed E-state index contributed by atoms with van der Waals surface area (Å²) in [6, 6.07) is 7.77. The minimum atomic E-state index is -0.422. The molecule has 0 amide bonds. The standard InChI is InChI=1S/C18H16FN3O2S/c19-13-3-1-2-11(8-13)16(23)15-9-12-10-20-18(22-17(12)25-15)21-14-4-6-24-7-5-14/h1-3,8-10,14H,4-7H2,(H,20,21,22). The first kappa shape index (κ1) is 16.1. The number of nitrogens with zero attached hydrogens (tertiary/aromatic N) is 2. The highest BCUT2D eigenvalue weighted by atomic mass is 32.1. The molecule has 1 aromatic carbocycles. The molecule has 1 N–H and O–H groups in total. The molecule has 128 valence electrons. The third kappa shape index (κ3) is 3.52. The number of ether oxygens (including phenoxy) is 1. The zero-order valence-corrected chi connectivity index (χ0v) is 14.2. The van der Waals surface area contributed by atoms with Crippen molar-refractivity contribution >= 4 is 33.3 Å². The van der Waals surface area contributed by atoms with E-state index in [-0.39, 0.29) is 5.78 Å². The van der Waals surface area contributed by atoms with Gasteiger partial charge in [-0.05, 0) is 31.0 Å². The zero-order chi connectivity index (χ0) is 17.2. The molecule has 0 saturated carbocycles. The molecular formula is C18H16FN3O2S. The predicted molar refractivity (Wildman–Crippen MR) is 94.7 cm³/mol. The second-order valence-corrected chi connectivity index (χ2v) is 6.97. The quantitative estimate of drug-likeness (QED) is 0.722. The maximum Gasteiger partial charge on any atom is 0.224 e. The van der Waals surface area contributed by atoms with Gasteiger partial charge in [-0.15, -0.1) is 11.3 Å². The fraction of sp³-hybridized carbons (Fsp3) is 0.278. The summed E-state index contributed by atoms with van der Waals surface area (Å²) in [5.74, 6) is -0.0675. The van der Waals surface area contributed by atoms with Crippen LogP contribution in [0.1, 0.15) is 28.1 Å². The minimum Gasteiger partial charge on any atom is -0.381 e. The van der Waals surface area contributed by atoms with E-state index in [4.69, 9.17) is 4.74 Å². The van der Waals surface area contributed by atoms with Crippen molar-refractivity contribution in [2.45, 2.75) is 18.9 Å². The normalized spacial score (nSPS) is 15.4. The lowest BCUT2D eigenvalue weighted by Crippen LogP contribution is -2.28. The van der Waals surface area contributed by atoms with Crippen molar-refractivity contribution in [1.29, 1.82) is 0 Å². The van der Waals surface area contributed by atoms with Crippen molar-refractivity contribution in [2.75, 3.05) is 18.5 Å². The van der Waals surface area contributed by atoms with Crippen LogP contribution in [0.15, 0.2) is 36.5 Å². The molecule has 1 aliphatic heterocycles. The van der Waals surface area contributed by atoms with Gasteiger partial charge in [0.1, 0.15) is 10.6 Å². The summed E-state index contributed by atoms with van der Waals surface area (Å²) in [7, 11) is 0. The first-order chi connectivity index (χ1) is 12.2. The number of ketones is 1. The van der Waals surface area contributed by atoms with E-state index in [9.17, 15) is 9.18 Å². The average Bonchev–Trinajstić information content (AvgIpc) is 3.05. The molecular weight excluding hydrogens is 341 g/mol. The lowest BCUT2D eigenvalue weighted by Gasteiger charge is -2.22. The molecule has 0 atom stereocenters. The van der Waals surface area contributed by atoms with Gasteiger partial charge >= 0.3 is 0 Å². The maximum atomic E-state index is 13.3. The van der Waals surface area contributed by atoms with Crippen LogP contribution in [-0.4, -0.2) is 35.0 Å². The largest absolute Gasteiger partial charge is 0.381 e. The number of halogens is 1. The van der Waals surface area contributed by atoms with E-state index in [0.717, 1.165) is 36.3 Å². The van der Waals surface area contributed by atoms with Crippen molar-refractivity contribution in [3.8, 4) is 0 Å². The van der Waals surface area contributed by atoms with Gasteiger partial charge in [-0.1, -0.05) is 12.1 Å². The van der Waals surface area contributed by atoms with E-state index in [1.807, 2.05) is 0 Å². The molecule has 5 nitrogen and oxygen atoms in total. The number of fused-ring (bicyclic) bond motifs is 1. The molecule has 1 fully saturated rings. The van der Waals surface area contributed by atoms with Gasteiger partial charge in [0, 0.05) is 36.4 Å². The minimum absolute atomic E-state index is 0.207. The lowest BCUT2D eigenvalue weighted by molar-refractivity contribution is 0.0903. The lowest BCUT2D eigenvalue weighted by atomic mass is 10.1. The highest BCUT2D eigenvalue weighted by molar-refractivity contribution is 7.20. The smallest absolute Gasteiger partial charge is 0.224 e. The molecule has 0 bridgehead atoms. The van der Waals surface area contributed by atoms with E-state index in [2.05, 4.69) is 15.3 Å². The summed E-state index contributed by atoms with van der Waals surface area (Å²) < 4.78 is 18.7. The molecule has 0 aliphatic carbocycles. The van der Waals surface area contributed by atoms with Gasteiger partial charge in [-0.3, -0.25) is 4.79 Å². The van der Waals surface area contributed by atoms with E-state index in [1.54, 1.807) is 18.3 Å². The molecule has 4 rings (SSSR count). The Labute approximate surface area is 147 Å². The molecule has 7 heteroatoms. The molecule has 0 unspecified atom stereocenters. The number of rotatable bonds is 4. The van der Waals surface area contributed by atoms with Crippen LogP contribution in [0.3, 0.4) is 0 Å². The highest BCUT2D eigenvalue weighted by Crippen LogP contribution is 2.27. The van der Waals surface area contributed by atoms with Gasteiger partial charge in [0.05, 0.1) is 4.88 Å². The van der Waals surface area contributed by atoms with Gasteiger partial charge in [-0.2, -0.15) is 0 Å². The van der Waals surface area contributed by atoms with Gasteiger partial charge in [0.15, 0.2) is 0 Å². The number of thiophene rings is 1. The van der Waals surface area contributed by atoms with Crippen LogP contribution in [0.4, 0.5) is 10.3 Å². The summed E-state index contributed by atoms with van der Waals surface area (Å²) >= 11 is 1.29. The Bertz CT molecular complexity index is 922. The van der Waals surface area contributed by atoms with Crippen molar-refractivity contribution in [2.24, 2.45) is 0 Å². The maximum absolute atomic E-state index is 13.3. The second-order valence-electron chi connectivity index (χ2n) is 5.94. The van der Waals surface area contributed by atoms with Gasteiger partial charge < -0.3 is 10.1 Å². The molecule has 2 aromatic heterocycles. The number of anilines is 1. The fourth-order valence-electron chi connectivity index (χ4n) is 2.81. The van der Waals surface area contributed by atoms with Crippen molar-refractivity contribution in [3.05, 3.63) is 52.8 Å². The van der Waals surface area contributed by atoms with Crippen LogP contribution in [-0.2, 0) is 4.74 Å². The van der Waals surface area contributed by atoms with Crippen molar-refractivity contribution in [1.82, 2.24) is 9.97 Å². The Morgan fingerprint density at radius 1 is 1.28 bits per heavy atom. The van der Waals surface area contributed by atoms with Crippen LogP contribution in [0.25, 0.3) is 10.2 Å². The zero-order valence-electron chi connectivity index (χ0n) is 13.4. The predicted octanol–water partition coefficient (Wildman–Crippen LogP) is 3.65. The molecule has 0 spiro atoms. The van der Waals surface area contributed by atoms with Crippen LogP contribution in [0.5, 0.6) is 0 Å². The number of hydrogen-bond acceptors (Lipinski definition) is 6. The summed E-state index contributed by atoms with van der Waals surface area (Å²) in [5, 5.41) is 4.13. The number of benzene rings is 1. The SMILES string of the molecule is O=C(c1cccc(F)c1)c1cc2cnc(NC3CCOCC3)nc2s1. The van der Waals surface area contributed by atoms with Gasteiger partial charge in [-0.25, -0.2) is 14.4 Å². The van der Waals surface area contributed by atoms with E-state index >= 15 is 0 Å². The van der Waals surface area contributed by atoms with Gasteiger partial charge in [0.2, 0.25) is 11.7 Å². The molecule has 1 saturated heterocycles. The van der Waals surface area contributed by atoms with E-state index < -0.39 is 5.82 Å². The van der Waals surface area contributed by atoms with E-state index in [1.165, 1.54) is 29.5 Å². The molecule has 25 heavy (non-hydrogen) atoms. The summed E-state index contributed by atoms with van der Waals surface area (Å²) in [5.41, 5.74) is 0.333. The van der Waals surface area contributed by atoms with Crippen LogP contribution in [0.2, 0.25) is 0 Å². The van der Waals surface area contributed by atoms with E-state index in [0.29, 0.717) is 22.4 Å². The number of hydrogen-bond donors (Lipinski definition) is 1. The summed E-state index contributed by atoms with van der Waals surface area (Å²) in [4.78, 5) is 22.6. The Balaban J connectivity index is 1.58. The Morgan fingerprint density at radius 3 is 2.92 bits per heavy atom. The monoisotopic (exact) mass is 357 g/mol. The Morgan fingerprint density at radius 2 is 2.12 bits per heavy atom. The molecule has 3 heterocycles. The first-order valence-corrected chi connectivity index (χ1v) is 8.92. The van der Waals surface area contributed by atoms with Crippen LogP contribution >= 0.6 is 11.3 Å². The Kier molecular flexibility index (Phi) is 4.42. The third-order valence-electron chi connectivity index (χ3n) is 4.14. The molecule has 3 aromatic rings. The molecule has 0 radical (unpaired) electrons. The fourth-order valence-corrected chi connectivity index (χ4v) is 3.78. The highest BCUT2D eigenvalue weighted by Gasteiger charge is 2.17. The first-order valence-electron chi connectivity index (χ1n) is 8.10. The number of carbonyl (C=O) groups is 1. The number of aromatic nitrogens is 2. The summed E-state index contributed by atoms with van der Waals surface area (Å²) in [6.45, 7) is 1.48. The topological polar surface area (TPSA) is 64.1 Å². The average molecular weight is 357 g/mol. The third-order valence-corrected chi connectivity index (χ3v) is 5.18. The molecule has 1 aliphatic rings. The second kappa shape index (κ2) is 6.85. The Hall–Kier alpha value is -2.38. The summed E-state index contributed by atoms with van der Waals surface area (Å²) in [6.07, 6.45) is 3.56.